The molecule has 0 saturated carbocycles. The first-order valence-electron chi connectivity index (χ1n) is 3.49. The van der Waals surface area contributed by atoms with E-state index < -0.39 is 12.9 Å². The third-order valence-corrected chi connectivity index (χ3v) is 1.64. The van der Waals surface area contributed by atoms with Crippen LogP contribution in [-0.2, 0) is 9.53 Å². The van der Waals surface area contributed by atoms with Crippen molar-refractivity contribution in [3.8, 4) is 0 Å². The Balaban J connectivity index is 2.81. The molecule has 0 amide bonds. The van der Waals surface area contributed by atoms with E-state index >= 15 is 0 Å². The molecule has 1 atom stereocenters. The van der Waals surface area contributed by atoms with Gasteiger partial charge in [0.05, 0.1) is 12.9 Å². The van der Waals surface area contributed by atoms with Crippen molar-refractivity contribution in [2.75, 3.05) is 7.11 Å². The normalized spacial score (nSPS) is 22.1. The summed E-state index contributed by atoms with van der Waals surface area (Å²) in [6.45, 7) is 0. The molecule has 4 nitrogen and oxygen atoms in total. The maximum atomic E-state index is 11.0. The summed E-state index contributed by atoms with van der Waals surface area (Å²) in [6, 6.07) is 0. The van der Waals surface area contributed by atoms with E-state index in [2.05, 4.69) is 0 Å². The molecule has 0 radical (unpaired) electrons. The van der Waals surface area contributed by atoms with Crippen LogP contribution < -0.4 is 0 Å². The highest BCUT2D eigenvalue weighted by Gasteiger charge is 2.29. The van der Waals surface area contributed by atoms with Gasteiger partial charge >= 0.3 is 7.12 Å². The molecular formula is C7H9BO4. The van der Waals surface area contributed by atoms with Gasteiger partial charge in [0.1, 0.15) is 5.76 Å². The van der Waals surface area contributed by atoms with Crippen LogP contribution in [0.2, 0.25) is 5.82 Å². The van der Waals surface area contributed by atoms with Crippen LogP contribution in [0.1, 0.15) is 0 Å². The summed E-state index contributed by atoms with van der Waals surface area (Å²) < 4.78 is 4.82. The lowest BCUT2D eigenvalue weighted by molar-refractivity contribution is -0.114. The van der Waals surface area contributed by atoms with Crippen LogP contribution in [0.3, 0.4) is 0 Å². The lowest BCUT2D eigenvalue weighted by Crippen LogP contribution is -2.26. The van der Waals surface area contributed by atoms with Crippen LogP contribution in [0.15, 0.2) is 24.0 Å². The van der Waals surface area contributed by atoms with Crippen LogP contribution in [-0.4, -0.2) is 30.1 Å². The predicted molar refractivity (Wildman–Crippen MR) is 43.2 cm³/mol. The van der Waals surface area contributed by atoms with Crippen LogP contribution in [0, 0.1) is 0 Å². The minimum absolute atomic E-state index is 0.328. The first kappa shape index (κ1) is 9.03. The highest BCUT2D eigenvalue weighted by molar-refractivity contribution is 6.51. The summed E-state index contributed by atoms with van der Waals surface area (Å²) in [5.74, 6) is -0.761. The summed E-state index contributed by atoms with van der Waals surface area (Å²) in [7, 11) is -0.208. The van der Waals surface area contributed by atoms with Gasteiger partial charge in [-0.25, -0.2) is 0 Å². The van der Waals surface area contributed by atoms with E-state index in [0.717, 1.165) is 0 Å². The van der Waals surface area contributed by atoms with Crippen molar-refractivity contribution < 1.29 is 19.6 Å². The summed E-state index contributed by atoms with van der Waals surface area (Å²) in [5.41, 5.74) is 0. The first-order chi connectivity index (χ1) is 5.65. The van der Waals surface area contributed by atoms with E-state index in [4.69, 9.17) is 14.8 Å². The lowest BCUT2D eigenvalue weighted by Gasteiger charge is -2.13. The van der Waals surface area contributed by atoms with Crippen LogP contribution in [0.25, 0.3) is 0 Å². The van der Waals surface area contributed by atoms with Crippen molar-refractivity contribution in [1.82, 2.24) is 0 Å². The van der Waals surface area contributed by atoms with Gasteiger partial charge in [0, 0.05) is 0 Å². The summed E-state index contributed by atoms with van der Waals surface area (Å²) in [5, 5.41) is 17.5. The lowest BCUT2D eigenvalue weighted by atomic mass is 9.68. The van der Waals surface area contributed by atoms with Gasteiger partial charge in [-0.05, 0) is 18.2 Å². The van der Waals surface area contributed by atoms with Gasteiger partial charge in [-0.3, -0.25) is 4.79 Å². The fourth-order valence-corrected chi connectivity index (χ4v) is 0.959. The molecule has 0 aliphatic heterocycles. The second-order valence-corrected chi connectivity index (χ2v) is 2.45. The van der Waals surface area contributed by atoms with Gasteiger partial charge in [0.2, 0.25) is 0 Å². The van der Waals surface area contributed by atoms with E-state index in [1.54, 1.807) is 0 Å². The van der Waals surface area contributed by atoms with Crippen molar-refractivity contribution in [3.63, 3.8) is 0 Å². The molecular weight excluding hydrogens is 159 g/mol. The predicted octanol–water partition coefficient (Wildman–Crippen LogP) is -0.501. The molecule has 5 heteroatoms. The number of hydrogen-bond acceptors (Lipinski definition) is 4. The Morgan fingerprint density at radius 2 is 2.17 bits per heavy atom. The fourth-order valence-electron chi connectivity index (χ4n) is 0.959. The van der Waals surface area contributed by atoms with Crippen molar-refractivity contribution in [2.45, 2.75) is 5.82 Å². The highest BCUT2D eigenvalue weighted by atomic mass is 16.5. The summed E-state index contributed by atoms with van der Waals surface area (Å²) in [4.78, 5) is 11.0. The number of methoxy groups -OCH3 is 1. The van der Waals surface area contributed by atoms with Gasteiger partial charge in [0.15, 0.2) is 5.78 Å². The van der Waals surface area contributed by atoms with Crippen molar-refractivity contribution in [2.24, 2.45) is 0 Å². The van der Waals surface area contributed by atoms with Crippen LogP contribution >= 0.6 is 0 Å². The number of ketones is 1. The third-order valence-electron chi connectivity index (χ3n) is 1.64. The van der Waals surface area contributed by atoms with Gasteiger partial charge in [0.25, 0.3) is 0 Å². The van der Waals surface area contributed by atoms with Crippen molar-refractivity contribution in [1.29, 1.82) is 0 Å². The van der Waals surface area contributed by atoms with Gasteiger partial charge in [-0.15, -0.1) is 0 Å². The second kappa shape index (κ2) is 3.56. The number of hydrogen-bond donors (Lipinski definition) is 2. The molecule has 0 fully saturated rings. The van der Waals surface area contributed by atoms with Crippen LogP contribution in [0.4, 0.5) is 0 Å². The summed E-state index contributed by atoms with van der Waals surface area (Å²) in [6.07, 6.45) is 4.14. The highest BCUT2D eigenvalue weighted by Crippen LogP contribution is 2.19. The average Bonchev–Trinajstić information content (AvgIpc) is 2.05. The second-order valence-electron chi connectivity index (χ2n) is 2.45. The standard InChI is InChI=1S/C7H9BO4/c1-12-5-2-3-7(9)6(4-5)8(10)11/h2-4,6,10-11H,1H3. The minimum atomic E-state index is -1.66. The molecule has 1 aliphatic rings. The Morgan fingerprint density at radius 3 is 2.67 bits per heavy atom. The Hall–Kier alpha value is -1.07. The molecule has 12 heavy (non-hydrogen) atoms. The molecule has 1 aliphatic carbocycles. The smallest absolute Gasteiger partial charge is 0.467 e. The monoisotopic (exact) mass is 168 g/mol. The molecule has 1 rings (SSSR count). The van der Waals surface area contributed by atoms with Crippen molar-refractivity contribution in [3.05, 3.63) is 24.0 Å². The fraction of sp³-hybridized carbons (Fsp3) is 0.286. The topological polar surface area (TPSA) is 66.8 Å². The molecule has 0 spiro atoms. The number of ether oxygens (including phenoxy) is 1. The summed E-state index contributed by atoms with van der Waals surface area (Å²) >= 11 is 0. The molecule has 0 aromatic rings. The van der Waals surface area contributed by atoms with E-state index in [1.165, 1.54) is 25.3 Å². The number of carbonyl (C=O) groups excluding carboxylic acids is 1. The maximum Gasteiger partial charge on any atom is 0.467 e. The molecule has 0 aromatic heterocycles. The van der Waals surface area contributed by atoms with E-state index in [0.29, 0.717) is 5.76 Å². The number of rotatable bonds is 2. The Bertz CT molecular complexity index is 244. The average molecular weight is 168 g/mol. The van der Waals surface area contributed by atoms with E-state index in [9.17, 15) is 4.79 Å². The molecule has 1 unspecified atom stereocenters. The molecule has 0 aromatic carbocycles. The number of allylic oxidation sites excluding steroid dienone is 3. The zero-order valence-electron chi connectivity index (χ0n) is 6.60. The van der Waals surface area contributed by atoms with Crippen molar-refractivity contribution >= 4 is 12.9 Å². The first-order valence-corrected chi connectivity index (χ1v) is 3.49. The SMILES string of the molecule is COC1=CC(B(O)O)C(=O)C=C1. The quantitative estimate of drug-likeness (QED) is 0.545. The van der Waals surface area contributed by atoms with Gasteiger partial charge in [-0.1, -0.05) is 0 Å². The van der Waals surface area contributed by atoms with Gasteiger partial charge < -0.3 is 14.8 Å². The Kier molecular flexibility index (Phi) is 2.67. The molecule has 0 bridgehead atoms. The number of carbonyl (C=O) groups is 1. The zero-order chi connectivity index (χ0) is 9.14. The third kappa shape index (κ3) is 1.75. The minimum Gasteiger partial charge on any atom is -0.497 e. The van der Waals surface area contributed by atoms with Gasteiger partial charge in [-0.2, -0.15) is 0 Å². The molecule has 64 valence electrons. The van der Waals surface area contributed by atoms with Crippen LogP contribution in [0.5, 0.6) is 0 Å². The molecule has 2 N–H and O–H groups in total. The molecule has 0 saturated heterocycles. The Morgan fingerprint density at radius 1 is 1.50 bits per heavy atom. The van der Waals surface area contributed by atoms with E-state index in [-0.39, 0.29) is 5.78 Å². The zero-order valence-corrected chi connectivity index (χ0v) is 6.60. The van der Waals surface area contributed by atoms with E-state index in [1.807, 2.05) is 0 Å². The maximum absolute atomic E-state index is 11.0. The Labute approximate surface area is 70.3 Å². The molecule has 0 heterocycles. The largest absolute Gasteiger partial charge is 0.497 e.